The molecule has 0 amide bonds. The summed E-state index contributed by atoms with van der Waals surface area (Å²) in [5.41, 5.74) is 6.31. The summed E-state index contributed by atoms with van der Waals surface area (Å²) in [6.45, 7) is 2.72. The first-order valence-corrected chi connectivity index (χ1v) is 6.45. The first-order chi connectivity index (χ1) is 7.99. The second kappa shape index (κ2) is 4.90. The Balaban J connectivity index is 2.31. The first-order valence-electron chi connectivity index (χ1n) is 5.66. The van der Waals surface area contributed by atoms with E-state index in [0.717, 1.165) is 18.9 Å². The predicted molar refractivity (Wildman–Crippen MR) is 68.1 cm³/mol. The summed E-state index contributed by atoms with van der Waals surface area (Å²) in [6.07, 6.45) is 1.66. The van der Waals surface area contributed by atoms with Crippen molar-refractivity contribution in [2.45, 2.75) is 31.8 Å². The smallest absolute Gasteiger partial charge is 0.149 e. The lowest BCUT2D eigenvalue weighted by molar-refractivity contribution is 0.424. The van der Waals surface area contributed by atoms with E-state index in [1.807, 2.05) is 11.8 Å². The molecular weight excluding hydrogens is 290 g/mol. The van der Waals surface area contributed by atoms with Crippen molar-refractivity contribution in [1.82, 2.24) is 0 Å². The highest BCUT2D eigenvalue weighted by molar-refractivity contribution is 9.10. The molecule has 0 saturated carbocycles. The molecule has 1 aliphatic heterocycles. The molecule has 0 aliphatic carbocycles. The van der Waals surface area contributed by atoms with Gasteiger partial charge in [-0.05, 0) is 41.8 Å². The summed E-state index contributed by atoms with van der Waals surface area (Å²) in [5, 5.41) is 0. The Morgan fingerprint density at radius 2 is 2.06 bits per heavy atom. The van der Waals surface area contributed by atoms with Crippen LogP contribution in [-0.2, 0) is 0 Å². The van der Waals surface area contributed by atoms with Gasteiger partial charge in [0.25, 0.3) is 0 Å². The minimum Gasteiger partial charge on any atom is -0.366 e. The Bertz CT molecular complexity index is 425. The van der Waals surface area contributed by atoms with Crippen LogP contribution < -0.4 is 10.6 Å². The fourth-order valence-corrected chi connectivity index (χ4v) is 2.63. The molecule has 2 rings (SSSR count). The number of nitrogens with two attached hydrogens (primary N) is 1. The van der Waals surface area contributed by atoms with Gasteiger partial charge in [-0.1, -0.05) is 0 Å². The summed E-state index contributed by atoms with van der Waals surface area (Å²) < 4.78 is 27.2. The minimum absolute atomic E-state index is 0.172. The molecule has 2 nitrogen and oxygen atoms in total. The molecule has 2 N–H and O–H groups in total. The van der Waals surface area contributed by atoms with Crippen molar-refractivity contribution in [3.63, 3.8) is 0 Å². The van der Waals surface area contributed by atoms with Crippen LogP contribution in [0.25, 0.3) is 0 Å². The molecule has 1 fully saturated rings. The van der Waals surface area contributed by atoms with Gasteiger partial charge < -0.3 is 10.6 Å². The Morgan fingerprint density at radius 1 is 1.35 bits per heavy atom. The second-order valence-corrected chi connectivity index (χ2v) is 5.40. The third-order valence-electron chi connectivity index (χ3n) is 3.22. The van der Waals surface area contributed by atoms with Crippen molar-refractivity contribution in [3.05, 3.63) is 28.2 Å². The lowest BCUT2D eigenvalue weighted by Crippen LogP contribution is -2.46. The standard InChI is InChI=1S/C12H15BrF2N2/c1-7-4-8(16)2-3-17(7)12-5-9(13)10(14)6-11(12)15/h5-8H,2-4,16H2,1H3. The molecule has 1 saturated heterocycles. The normalized spacial score (nSPS) is 25.1. The number of hydrogen-bond donors (Lipinski definition) is 1. The molecule has 94 valence electrons. The molecule has 1 aliphatic rings. The fraction of sp³-hybridized carbons (Fsp3) is 0.500. The van der Waals surface area contributed by atoms with E-state index in [4.69, 9.17) is 5.73 Å². The van der Waals surface area contributed by atoms with Gasteiger partial charge in [0.1, 0.15) is 11.6 Å². The summed E-state index contributed by atoms with van der Waals surface area (Å²) >= 11 is 3.09. The van der Waals surface area contributed by atoms with Crippen LogP contribution in [0.4, 0.5) is 14.5 Å². The molecule has 2 unspecified atom stereocenters. The quantitative estimate of drug-likeness (QED) is 0.808. The van der Waals surface area contributed by atoms with E-state index in [9.17, 15) is 8.78 Å². The van der Waals surface area contributed by atoms with Crippen molar-refractivity contribution in [1.29, 1.82) is 0 Å². The maximum absolute atomic E-state index is 13.8. The molecule has 1 heterocycles. The van der Waals surface area contributed by atoms with Gasteiger partial charge in [-0.2, -0.15) is 0 Å². The van der Waals surface area contributed by atoms with Crippen molar-refractivity contribution < 1.29 is 8.78 Å². The van der Waals surface area contributed by atoms with Gasteiger partial charge in [0.05, 0.1) is 10.2 Å². The Morgan fingerprint density at radius 3 is 2.71 bits per heavy atom. The number of halogens is 3. The van der Waals surface area contributed by atoms with E-state index in [2.05, 4.69) is 15.9 Å². The highest BCUT2D eigenvalue weighted by Gasteiger charge is 2.25. The highest BCUT2D eigenvalue weighted by Crippen LogP contribution is 2.30. The summed E-state index contributed by atoms with van der Waals surface area (Å²) in [4.78, 5) is 1.95. The number of rotatable bonds is 1. The molecule has 0 spiro atoms. The zero-order chi connectivity index (χ0) is 12.6. The van der Waals surface area contributed by atoms with Gasteiger partial charge in [0, 0.05) is 24.7 Å². The number of hydrogen-bond acceptors (Lipinski definition) is 2. The van der Waals surface area contributed by atoms with Crippen LogP contribution in [0.5, 0.6) is 0 Å². The van der Waals surface area contributed by atoms with E-state index in [1.54, 1.807) is 0 Å². The molecule has 0 bridgehead atoms. The van der Waals surface area contributed by atoms with Crippen molar-refractivity contribution in [2.75, 3.05) is 11.4 Å². The molecule has 0 aromatic heterocycles. The minimum atomic E-state index is -0.576. The van der Waals surface area contributed by atoms with Crippen LogP contribution in [0.1, 0.15) is 19.8 Å². The number of nitrogens with zero attached hydrogens (tertiary/aromatic N) is 1. The van der Waals surface area contributed by atoms with Crippen molar-refractivity contribution in [2.24, 2.45) is 5.73 Å². The zero-order valence-electron chi connectivity index (χ0n) is 9.59. The van der Waals surface area contributed by atoms with E-state index in [1.165, 1.54) is 6.07 Å². The first kappa shape index (κ1) is 12.8. The Kier molecular flexibility index (Phi) is 3.68. The number of anilines is 1. The van der Waals surface area contributed by atoms with Gasteiger partial charge in [0.2, 0.25) is 0 Å². The maximum Gasteiger partial charge on any atom is 0.149 e. The largest absolute Gasteiger partial charge is 0.366 e. The number of benzene rings is 1. The van der Waals surface area contributed by atoms with E-state index in [0.29, 0.717) is 12.2 Å². The lowest BCUT2D eigenvalue weighted by Gasteiger charge is -2.38. The Labute approximate surface area is 108 Å². The van der Waals surface area contributed by atoms with Gasteiger partial charge in [-0.3, -0.25) is 0 Å². The Hall–Kier alpha value is -0.680. The van der Waals surface area contributed by atoms with E-state index >= 15 is 0 Å². The van der Waals surface area contributed by atoms with Gasteiger partial charge in [0.15, 0.2) is 0 Å². The van der Waals surface area contributed by atoms with Crippen LogP contribution in [0.2, 0.25) is 0 Å². The van der Waals surface area contributed by atoms with E-state index in [-0.39, 0.29) is 16.6 Å². The van der Waals surface area contributed by atoms with Crippen LogP contribution in [0, 0.1) is 11.6 Å². The van der Waals surface area contributed by atoms with Crippen molar-refractivity contribution >= 4 is 21.6 Å². The van der Waals surface area contributed by atoms with E-state index < -0.39 is 11.6 Å². The van der Waals surface area contributed by atoms with Crippen LogP contribution in [0.15, 0.2) is 16.6 Å². The van der Waals surface area contributed by atoms with Gasteiger partial charge in [-0.25, -0.2) is 8.78 Å². The fourth-order valence-electron chi connectivity index (χ4n) is 2.30. The summed E-state index contributed by atoms with van der Waals surface area (Å²) in [7, 11) is 0. The maximum atomic E-state index is 13.8. The highest BCUT2D eigenvalue weighted by atomic mass is 79.9. The lowest BCUT2D eigenvalue weighted by atomic mass is 9.98. The SMILES string of the molecule is CC1CC(N)CCN1c1cc(Br)c(F)cc1F. The number of piperidine rings is 1. The van der Waals surface area contributed by atoms with Gasteiger partial charge in [-0.15, -0.1) is 0 Å². The third-order valence-corrected chi connectivity index (χ3v) is 3.82. The molecule has 17 heavy (non-hydrogen) atoms. The molecule has 1 aromatic rings. The average Bonchev–Trinajstić information content (AvgIpc) is 2.24. The summed E-state index contributed by atoms with van der Waals surface area (Å²) in [5.74, 6) is -1.10. The second-order valence-electron chi connectivity index (χ2n) is 4.54. The average molecular weight is 305 g/mol. The molecule has 0 radical (unpaired) electrons. The summed E-state index contributed by atoms with van der Waals surface area (Å²) in [6, 6.07) is 2.76. The topological polar surface area (TPSA) is 29.3 Å². The van der Waals surface area contributed by atoms with Crippen LogP contribution in [-0.4, -0.2) is 18.6 Å². The predicted octanol–water partition coefficient (Wildman–Crippen LogP) is 3.04. The molecule has 2 atom stereocenters. The van der Waals surface area contributed by atoms with Crippen LogP contribution in [0.3, 0.4) is 0 Å². The zero-order valence-corrected chi connectivity index (χ0v) is 11.2. The molecule has 5 heteroatoms. The molecular formula is C12H15BrF2N2. The van der Waals surface area contributed by atoms with Crippen LogP contribution >= 0.6 is 15.9 Å². The monoisotopic (exact) mass is 304 g/mol. The van der Waals surface area contributed by atoms with Crippen molar-refractivity contribution in [3.8, 4) is 0 Å². The van der Waals surface area contributed by atoms with Gasteiger partial charge >= 0.3 is 0 Å². The molecule has 1 aromatic carbocycles. The third kappa shape index (κ3) is 2.60.